The normalized spacial score (nSPS) is 18.1. The lowest BCUT2D eigenvalue weighted by molar-refractivity contribution is -0.161. The highest BCUT2D eigenvalue weighted by Crippen LogP contribution is 2.19. The van der Waals surface area contributed by atoms with Crippen molar-refractivity contribution in [3.63, 3.8) is 0 Å². The van der Waals surface area contributed by atoms with Crippen LogP contribution >= 0.6 is 0 Å². The number of carbonyl (C=O) groups is 2. The van der Waals surface area contributed by atoms with Gasteiger partial charge in [0.25, 0.3) is 0 Å². The summed E-state index contributed by atoms with van der Waals surface area (Å²) in [5, 5.41) is 3.56. The molecule has 1 amide bonds. The van der Waals surface area contributed by atoms with Crippen molar-refractivity contribution in [3.05, 3.63) is 0 Å². The third-order valence-corrected chi connectivity index (χ3v) is 1.60. The molecular weight excluding hydrogens is 201 g/mol. The molecule has 0 aromatic heterocycles. The van der Waals surface area contributed by atoms with Crippen LogP contribution in [0.15, 0.2) is 5.10 Å². The summed E-state index contributed by atoms with van der Waals surface area (Å²) in [6.07, 6.45) is -4.13. The van der Waals surface area contributed by atoms with Gasteiger partial charge in [0, 0.05) is 12.8 Å². The fraction of sp³-hybridized carbons (Fsp3) is 0.571. The van der Waals surface area contributed by atoms with Crippen LogP contribution in [0.1, 0.15) is 12.8 Å². The van der Waals surface area contributed by atoms with Crippen LogP contribution in [0.25, 0.3) is 0 Å². The fourth-order valence-electron chi connectivity index (χ4n) is 1.00. The SMILES string of the molecule is O=CC1=NN(CC(F)(F)F)C(=O)CC1. The van der Waals surface area contributed by atoms with Gasteiger partial charge < -0.3 is 0 Å². The second kappa shape index (κ2) is 3.77. The lowest BCUT2D eigenvalue weighted by Gasteiger charge is -2.22. The molecule has 0 saturated heterocycles. The number of nitrogens with zero attached hydrogens (tertiary/aromatic N) is 2. The predicted octanol–water partition coefficient (Wildman–Crippen LogP) is 0.726. The van der Waals surface area contributed by atoms with Crippen molar-refractivity contribution in [2.75, 3.05) is 6.54 Å². The molecule has 1 rings (SSSR count). The third kappa shape index (κ3) is 2.82. The summed E-state index contributed by atoms with van der Waals surface area (Å²) < 4.78 is 35.7. The van der Waals surface area contributed by atoms with E-state index in [9.17, 15) is 22.8 Å². The van der Waals surface area contributed by atoms with E-state index >= 15 is 0 Å². The molecule has 0 unspecified atom stereocenters. The molecule has 4 nitrogen and oxygen atoms in total. The Kier molecular flexibility index (Phi) is 2.87. The number of hydrogen-bond acceptors (Lipinski definition) is 3. The van der Waals surface area contributed by atoms with E-state index in [1.165, 1.54) is 0 Å². The molecule has 14 heavy (non-hydrogen) atoms. The summed E-state index contributed by atoms with van der Waals surface area (Å²) >= 11 is 0. The number of alkyl halides is 3. The Balaban J connectivity index is 2.75. The minimum absolute atomic E-state index is 0.0335. The van der Waals surface area contributed by atoms with Gasteiger partial charge in [-0.1, -0.05) is 0 Å². The van der Waals surface area contributed by atoms with E-state index in [1.54, 1.807) is 0 Å². The van der Waals surface area contributed by atoms with Gasteiger partial charge in [-0.15, -0.1) is 0 Å². The van der Waals surface area contributed by atoms with Gasteiger partial charge in [-0.25, -0.2) is 5.01 Å². The van der Waals surface area contributed by atoms with Crippen LogP contribution in [0, 0.1) is 0 Å². The summed E-state index contributed by atoms with van der Waals surface area (Å²) in [4.78, 5) is 21.2. The van der Waals surface area contributed by atoms with Crippen molar-refractivity contribution in [3.8, 4) is 0 Å². The maximum absolute atomic E-state index is 11.9. The highest BCUT2D eigenvalue weighted by Gasteiger charge is 2.34. The van der Waals surface area contributed by atoms with Crippen molar-refractivity contribution in [1.29, 1.82) is 0 Å². The average Bonchev–Trinajstić information content (AvgIpc) is 2.06. The van der Waals surface area contributed by atoms with Crippen LogP contribution in [0.4, 0.5) is 13.2 Å². The first-order valence-electron chi connectivity index (χ1n) is 3.82. The van der Waals surface area contributed by atoms with Gasteiger partial charge in [0.05, 0.1) is 0 Å². The van der Waals surface area contributed by atoms with E-state index in [0.29, 0.717) is 6.29 Å². The van der Waals surface area contributed by atoms with Crippen molar-refractivity contribution in [2.24, 2.45) is 5.10 Å². The Morgan fingerprint density at radius 1 is 1.43 bits per heavy atom. The number of amides is 1. The minimum atomic E-state index is -4.50. The van der Waals surface area contributed by atoms with Gasteiger partial charge in [-0.2, -0.15) is 18.3 Å². The number of hydrazone groups is 1. The van der Waals surface area contributed by atoms with Crippen LogP contribution in [0.3, 0.4) is 0 Å². The Morgan fingerprint density at radius 3 is 2.57 bits per heavy atom. The molecule has 0 aromatic rings. The topological polar surface area (TPSA) is 49.7 Å². The van der Waals surface area contributed by atoms with Crippen molar-refractivity contribution in [1.82, 2.24) is 5.01 Å². The van der Waals surface area contributed by atoms with Crippen LogP contribution < -0.4 is 0 Å². The molecule has 0 aromatic carbocycles. The van der Waals surface area contributed by atoms with Gasteiger partial charge in [0.1, 0.15) is 12.3 Å². The molecule has 1 aliphatic rings. The first-order valence-corrected chi connectivity index (χ1v) is 3.82. The average molecular weight is 208 g/mol. The van der Waals surface area contributed by atoms with Gasteiger partial charge >= 0.3 is 6.18 Å². The number of halogens is 3. The van der Waals surface area contributed by atoms with Crippen molar-refractivity contribution >= 4 is 17.9 Å². The Hall–Kier alpha value is -1.40. The first kappa shape index (κ1) is 10.7. The largest absolute Gasteiger partial charge is 0.408 e. The molecular formula is C7H7F3N2O2. The second-order valence-corrected chi connectivity index (χ2v) is 2.78. The molecule has 1 heterocycles. The van der Waals surface area contributed by atoms with Gasteiger partial charge in [-0.05, 0) is 0 Å². The maximum Gasteiger partial charge on any atom is 0.408 e. The summed E-state index contributed by atoms with van der Waals surface area (Å²) in [6, 6.07) is 0. The quantitative estimate of drug-likeness (QED) is 0.628. The van der Waals surface area contributed by atoms with Crippen molar-refractivity contribution < 1.29 is 22.8 Å². The summed E-state index contributed by atoms with van der Waals surface area (Å²) in [7, 11) is 0. The molecule has 0 saturated carbocycles. The molecule has 0 fully saturated rings. The maximum atomic E-state index is 11.9. The zero-order valence-corrected chi connectivity index (χ0v) is 7.04. The first-order chi connectivity index (χ1) is 6.42. The number of rotatable bonds is 2. The fourth-order valence-corrected chi connectivity index (χ4v) is 1.00. The monoisotopic (exact) mass is 208 g/mol. The van der Waals surface area contributed by atoms with E-state index in [-0.39, 0.29) is 23.6 Å². The highest BCUT2D eigenvalue weighted by atomic mass is 19.4. The molecule has 0 bridgehead atoms. The zero-order valence-electron chi connectivity index (χ0n) is 7.04. The second-order valence-electron chi connectivity index (χ2n) is 2.78. The molecule has 0 atom stereocenters. The van der Waals surface area contributed by atoms with Crippen molar-refractivity contribution in [2.45, 2.75) is 19.0 Å². The molecule has 0 radical (unpaired) electrons. The molecule has 0 aliphatic carbocycles. The van der Waals surface area contributed by atoms with Crippen LogP contribution in [-0.2, 0) is 9.59 Å². The molecule has 78 valence electrons. The highest BCUT2D eigenvalue weighted by molar-refractivity contribution is 6.29. The number of carbonyl (C=O) groups excluding carboxylic acids is 2. The Bertz CT molecular complexity index is 285. The summed E-state index contributed by atoms with van der Waals surface area (Å²) in [6.45, 7) is -1.44. The Labute approximate surface area is 77.4 Å². The van der Waals surface area contributed by atoms with Gasteiger partial charge in [0.15, 0.2) is 6.29 Å². The van der Waals surface area contributed by atoms with E-state index in [0.717, 1.165) is 0 Å². The Morgan fingerprint density at radius 2 is 2.07 bits per heavy atom. The molecule has 7 heteroatoms. The minimum Gasteiger partial charge on any atom is -0.296 e. The smallest absolute Gasteiger partial charge is 0.296 e. The van der Waals surface area contributed by atoms with Gasteiger partial charge in [-0.3, -0.25) is 9.59 Å². The number of aldehydes is 1. The summed E-state index contributed by atoms with van der Waals surface area (Å²) in [5.41, 5.74) is -0.0335. The lowest BCUT2D eigenvalue weighted by Crippen LogP contribution is -2.38. The third-order valence-electron chi connectivity index (χ3n) is 1.60. The standard InChI is InChI=1S/C7H7F3N2O2/c8-7(9,10)4-12-6(14)2-1-5(3-13)11-12/h3H,1-2,4H2. The molecule has 0 N–H and O–H groups in total. The van der Waals surface area contributed by atoms with E-state index < -0.39 is 18.6 Å². The van der Waals surface area contributed by atoms with E-state index in [1.807, 2.05) is 0 Å². The molecule has 1 aliphatic heterocycles. The predicted molar refractivity (Wildman–Crippen MR) is 40.5 cm³/mol. The zero-order chi connectivity index (χ0) is 10.8. The van der Waals surface area contributed by atoms with Crippen LogP contribution in [0.5, 0.6) is 0 Å². The summed E-state index contributed by atoms with van der Waals surface area (Å²) in [5.74, 6) is -0.715. The van der Waals surface area contributed by atoms with Crippen LogP contribution in [-0.4, -0.2) is 35.6 Å². The van der Waals surface area contributed by atoms with E-state index in [4.69, 9.17) is 0 Å². The lowest BCUT2D eigenvalue weighted by atomic mass is 10.2. The van der Waals surface area contributed by atoms with Crippen LogP contribution in [0.2, 0.25) is 0 Å². The van der Waals surface area contributed by atoms with Gasteiger partial charge in [0.2, 0.25) is 5.91 Å². The number of hydrogen-bond donors (Lipinski definition) is 0. The molecule has 0 spiro atoms. The van der Waals surface area contributed by atoms with E-state index in [2.05, 4.69) is 5.10 Å².